The van der Waals surface area contributed by atoms with E-state index in [0.717, 1.165) is 48.6 Å². The molecule has 1 aromatic carbocycles. The van der Waals surface area contributed by atoms with Crippen LogP contribution in [0, 0.1) is 0 Å². The Labute approximate surface area is 112 Å². The highest BCUT2D eigenvalue weighted by molar-refractivity contribution is 5.91. The third-order valence-electron chi connectivity index (χ3n) is 3.24. The molecule has 5 nitrogen and oxygen atoms in total. The van der Waals surface area contributed by atoms with Crippen LogP contribution < -0.4 is 10.2 Å². The van der Waals surface area contributed by atoms with Gasteiger partial charge in [0.05, 0.1) is 31.5 Å². The summed E-state index contributed by atoms with van der Waals surface area (Å²) >= 11 is 0. The second kappa shape index (κ2) is 5.42. The Morgan fingerprint density at radius 3 is 2.89 bits per heavy atom. The molecule has 5 heteroatoms. The van der Waals surface area contributed by atoms with Crippen molar-refractivity contribution in [1.29, 1.82) is 0 Å². The van der Waals surface area contributed by atoms with Crippen LogP contribution in [0.1, 0.15) is 0 Å². The number of aromatic nitrogens is 1. The monoisotopic (exact) mass is 259 g/mol. The lowest BCUT2D eigenvalue weighted by Gasteiger charge is -2.28. The summed E-state index contributed by atoms with van der Waals surface area (Å²) in [5, 5.41) is 3.23. The van der Waals surface area contributed by atoms with Gasteiger partial charge in [-0.05, 0) is 24.3 Å². The van der Waals surface area contributed by atoms with E-state index in [0.29, 0.717) is 0 Å². The highest BCUT2D eigenvalue weighted by atomic mass is 16.5. The summed E-state index contributed by atoms with van der Waals surface area (Å²) in [6, 6.07) is 7.88. The summed E-state index contributed by atoms with van der Waals surface area (Å²) < 4.78 is 10.6. The van der Waals surface area contributed by atoms with Crippen LogP contribution in [0.2, 0.25) is 0 Å². The number of nitrogens with one attached hydrogen (secondary N) is 1. The molecule has 0 spiro atoms. The molecule has 1 fully saturated rings. The number of hydrogen-bond donors (Lipinski definition) is 1. The number of anilines is 1. The van der Waals surface area contributed by atoms with Gasteiger partial charge in [-0.1, -0.05) is 0 Å². The molecule has 1 aromatic heterocycles. The van der Waals surface area contributed by atoms with Gasteiger partial charge in [-0.15, -0.1) is 0 Å². The first-order chi connectivity index (χ1) is 9.36. The predicted octanol–water partition coefficient (Wildman–Crippen LogP) is 1.90. The number of rotatable bonds is 3. The zero-order valence-corrected chi connectivity index (χ0v) is 10.9. The number of ether oxygens (including phenoxy) is 2. The van der Waals surface area contributed by atoms with E-state index in [4.69, 9.17) is 9.47 Å². The van der Waals surface area contributed by atoms with Gasteiger partial charge < -0.3 is 14.9 Å². The summed E-state index contributed by atoms with van der Waals surface area (Å²) in [7, 11) is 1.67. The smallest absolute Gasteiger partial charge is 0.119 e. The van der Waals surface area contributed by atoms with Crippen molar-refractivity contribution in [1.82, 2.24) is 9.99 Å². The van der Waals surface area contributed by atoms with Gasteiger partial charge in [-0.25, -0.2) is 5.01 Å². The highest BCUT2D eigenvalue weighted by Crippen LogP contribution is 2.26. The van der Waals surface area contributed by atoms with Gasteiger partial charge in [0.25, 0.3) is 0 Å². The molecule has 2 heterocycles. The lowest BCUT2D eigenvalue weighted by Crippen LogP contribution is -2.40. The van der Waals surface area contributed by atoms with Crippen molar-refractivity contribution in [3.05, 3.63) is 30.5 Å². The number of fused-ring (bicyclic) bond motifs is 1. The lowest BCUT2D eigenvalue weighted by molar-refractivity contribution is 0.0497. The van der Waals surface area contributed by atoms with Gasteiger partial charge in [0.2, 0.25) is 0 Å². The van der Waals surface area contributed by atoms with Crippen LogP contribution >= 0.6 is 0 Å². The summed E-state index contributed by atoms with van der Waals surface area (Å²) in [6.45, 7) is 3.29. The van der Waals surface area contributed by atoms with Gasteiger partial charge in [-0.2, -0.15) is 0 Å². The van der Waals surface area contributed by atoms with Gasteiger partial charge in [-0.3, -0.25) is 4.98 Å². The average Bonchev–Trinajstić information content (AvgIpc) is 2.48. The highest BCUT2D eigenvalue weighted by Gasteiger charge is 2.11. The lowest BCUT2D eigenvalue weighted by atomic mass is 10.2. The molecule has 1 saturated heterocycles. The Balaban J connectivity index is 1.92. The van der Waals surface area contributed by atoms with E-state index in [9.17, 15) is 0 Å². The zero-order valence-electron chi connectivity index (χ0n) is 10.9. The summed E-state index contributed by atoms with van der Waals surface area (Å²) in [5.74, 6) is 0.838. The molecule has 2 aromatic rings. The van der Waals surface area contributed by atoms with Crippen molar-refractivity contribution >= 4 is 16.6 Å². The molecule has 1 aliphatic rings. The van der Waals surface area contributed by atoms with E-state index in [1.54, 1.807) is 7.11 Å². The molecule has 100 valence electrons. The molecule has 19 heavy (non-hydrogen) atoms. The van der Waals surface area contributed by atoms with Crippen molar-refractivity contribution in [3.8, 4) is 5.75 Å². The van der Waals surface area contributed by atoms with E-state index in [1.165, 1.54) is 0 Å². The third kappa shape index (κ3) is 2.62. The molecular weight excluding hydrogens is 242 g/mol. The second-order valence-corrected chi connectivity index (χ2v) is 4.45. The van der Waals surface area contributed by atoms with Crippen LogP contribution in [0.15, 0.2) is 30.5 Å². The van der Waals surface area contributed by atoms with Gasteiger partial charge in [0, 0.05) is 24.7 Å². The maximum atomic E-state index is 5.35. The quantitative estimate of drug-likeness (QED) is 0.912. The number of morpholine rings is 1. The van der Waals surface area contributed by atoms with Crippen LogP contribution in [-0.4, -0.2) is 43.4 Å². The van der Waals surface area contributed by atoms with Crippen molar-refractivity contribution in [2.75, 3.05) is 38.8 Å². The first-order valence-electron chi connectivity index (χ1n) is 6.39. The standard InChI is InChI=1S/C14H17N3O2/c1-18-11-2-3-13-12(10-11)14(4-5-15-13)16-17-6-8-19-9-7-17/h2-5,10H,6-9H2,1H3,(H,15,16). The van der Waals surface area contributed by atoms with Gasteiger partial charge in [0.1, 0.15) is 5.75 Å². The molecule has 0 amide bonds. The third-order valence-corrected chi connectivity index (χ3v) is 3.24. The van der Waals surface area contributed by atoms with Crippen molar-refractivity contribution < 1.29 is 9.47 Å². The van der Waals surface area contributed by atoms with Gasteiger partial charge >= 0.3 is 0 Å². The fourth-order valence-corrected chi connectivity index (χ4v) is 2.20. The molecule has 0 radical (unpaired) electrons. The molecule has 1 N–H and O–H groups in total. The summed E-state index contributed by atoms with van der Waals surface area (Å²) in [6.07, 6.45) is 1.82. The van der Waals surface area contributed by atoms with Gasteiger partial charge in [0.15, 0.2) is 0 Å². The summed E-state index contributed by atoms with van der Waals surface area (Å²) in [4.78, 5) is 4.37. The molecule has 0 atom stereocenters. The van der Waals surface area contributed by atoms with Crippen molar-refractivity contribution in [3.63, 3.8) is 0 Å². The number of benzene rings is 1. The van der Waals surface area contributed by atoms with E-state index in [2.05, 4.69) is 15.4 Å². The maximum absolute atomic E-state index is 5.35. The number of hydrazine groups is 1. The Hall–Kier alpha value is -1.85. The van der Waals surface area contributed by atoms with Crippen LogP contribution in [0.5, 0.6) is 5.75 Å². The summed E-state index contributed by atoms with van der Waals surface area (Å²) in [5.41, 5.74) is 5.44. The van der Waals surface area contributed by atoms with E-state index in [-0.39, 0.29) is 0 Å². The largest absolute Gasteiger partial charge is 0.497 e. The zero-order chi connectivity index (χ0) is 13.1. The molecule has 0 aliphatic carbocycles. The minimum absolute atomic E-state index is 0.763. The normalized spacial score (nSPS) is 16.5. The molecular formula is C14H17N3O2. The molecule has 1 aliphatic heterocycles. The maximum Gasteiger partial charge on any atom is 0.119 e. The first kappa shape index (κ1) is 12.2. The van der Waals surface area contributed by atoms with E-state index in [1.807, 2.05) is 30.5 Å². The molecule has 0 unspecified atom stereocenters. The van der Waals surface area contributed by atoms with Crippen molar-refractivity contribution in [2.45, 2.75) is 0 Å². The fourth-order valence-electron chi connectivity index (χ4n) is 2.20. The number of nitrogens with zero attached hydrogens (tertiary/aromatic N) is 2. The molecule has 3 rings (SSSR count). The minimum atomic E-state index is 0.763. The van der Waals surface area contributed by atoms with Crippen LogP contribution in [0.4, 0.5) is 5.69 Å². The molecule has 0 bridgehead atoms. The number of hydrogen-bond acceptors (Lipinski definition) is 5. The van der Waals surface area contributed by atoms with Crippen molar-refractivity contribution in [2.24, 2.45) is 0 Å². The second-order valence-electron chi connectivity index (χ2n) is 4.45. The van der Waals surface area contributed by atoms with Crippen LogP contribution in [0.3, 0.4) is 0 Å². The Morgan fingerprint density at radius 2 is 2.11 bits per heavy atom. The Morgan fingerprint density at radius 1 is 1.26 bits per heavy atom. The topological polar surface area (TPSA) is 46.6 Å². The molecule has 0 saturated carbocycles. The number of pyridine rings is 1. The van der Waals surface area contributed by atoms with Crippen LogP contribution in [-0.2, 0) is 4.74 Å². The fraction of sp³-hybridized carbons (Fsp3) is 0.357. The Bertz CT molecular complexity index is 568. The first-order valence-corrected chi connectivity index (χ1v) is 6.39. The Kier molecular flexibility index (Phi) is 3.48. The average molecular weight is 259 g/mol. The minimum Gasteiger partial charge on any atom is -0.497 e. The van der Waals surface area contributed by atoms with E-state index < -0.39 is 0 Å². The van der Waals surface area contributed by atoms with E-state index >= 15 is 0 Å². The van der Waals surface area contributed by atoms with Crippen LogP contribution in [0.25, 0.3) is 10.9 Å². The SMILES string of the molecule is COc1ccc2nccc(NN3CCOCC3)c2c1. The number of methoxy groups -OCH3 is 1. The predicted molar refractivity (Wildman–Crippen MR) is 74.3 cm³/mol.